The molecule has 0 saturated carbocycles. The summed E-state index contributed by atoms with van der Waals surface area (Å²) in [4.78, 5) is 22.5. The van der Waals surface area contributed by atoms with Gasteiger partial charge in [-0.2, -0.15) is 4.31 Å². The number of halogens is 1. The van der Waals surface area contributed by atoms with E-state index >= 15 is 0 Å². The molecule has 1 N–H and O–H groups in total. The van der Waals surface area contributed by atoms with Crippen molar-refractivity contribution >= 4 is 33.4 Å². The molecule has 1 fully saturated rings. The molecule has 6 nitrogen and oxygen atoms in total. The summed E-state index contributed by atoms with van der Waals surface area (Å²) in [5.41, 5.74) is 0.391. The maximum atomic E-state index is 12.4. The first kappa shape index (κ1) is 14.0. The Kier molecular flexibility index (Phi) is 3.62. The van der Waals surface area contributed by atoms with Gasteiger partial charge in [0.2, 0.25) is 21.8 Å². The summed E-state index contributed by atoms with van der Waals surface area (Å²) < 4.78 is 25.6. The van der Waals surface area contributed by atoms with Crippen LogP contribution in [0.3, 0.4) is 0 Å². The zero-order valence-electron chi connectivity index (χ0n) is 10.0. The van der Waals surface area contributed by atoms with Gasteiger partial charge in [-0.1, -0.05) is 17.7 Å². The molecule has 0 aromatic heterocycles. The van der Waals surface area contributed by atoms with E-state index in [0.29, 0.717) is 10.6 Å². The molecule has 1 aromatic rings. The first-order valence-corrected chi connectivity index (χ1v) is 7.22. The van der Waals surface area contributed by atoms with Crippen LogP contribution in [-0.2, 0) is 19.6 Å². The summed E-state index contributed by atoms with van der Waals surface area (Å²) >= 11 is 5.89. The van der Waals surface area contributed by atoms with Crippen LogP contribution in [0.15, 0.2) is 23.1 Å². The quantitative estimate of drug-likeness (QED) is 0.796. The van der Waals surface area contributed by atoms with Crippen LogP contribution in [-0.4, -0.2) is 37.6 Å². The monoisotopic (exact) mass is 302 g/mol. The Balaban J connectivity index is 2.45. The van der Waals surface area contributed by atoms with Gasteiger partial charge in [-0.25, -0.2) is 8.42 Å². The van der Waals surface area contributed by atoms with E-state index in [1.54, 1.807) is 13.0 Å². The molecule has 102 valence electrons. The fourth-order valence-corrected chi connectivity index (χ4v) is 3.62. The van der Waals surface area contributed by atoms with Crippen molar-refractivity contribution in [3.8, 4) is 0 Å². The highest BCUT2D eigenvalue weighted by Gasteiger charge is 2.33. The normalized spacial score (nSPS) is 17.4. The third kappa shape index (κ3) is 2.63. The van der Waals surface area contributed by atoms with Crippen molar-refractivity contribution in [2.75, 3.05) is 13.1 Å². The van der Waals surface area contributed by atoms with Gasteiger partial charge >= 0.3 is 0 Å². The van der Waals surface area contributed by atoms with E-state index in [1.165, 1.54) is 12.1 Å². The van der Waals surface area contributed by atoms with E-state index in [9.17, 15) is 18.0 Å². The predicted molar refractivity (Wildman–Crippen MR) is 68.1 cm³/mol. The Bertz CT molecular complexity index is 641. The molecule has 1 heterocycles. The lowest BCUT2D eigenvalue weighted by Crippen LogP contribution is -2.53. The number of benzene rings is 1. The highest BCUT2D eigenvalue weighted by atomic mass is 35.5. The second-order valence-corrected chi connectivity index (χ2v) is 6.42. The van der Waals surface area contributed by atoms with Crippen molar-refractivity contribution in [2.24, 2.45) is 0 Å². The fourth-order valence-electron chi connectivity index (χ4n) is 1.79. The highest BCUT2D eigenvalue weighted by molar-refractivity contribution is 7.89. The van der Waals surface area contributed by atoms with Crippen LogP contribution in [0.5, 0.6) is 0 Å². The average Bonchev–Trinajstić information content (AvgIpc) is 2.31. The van der Waals surface area contributed by atoms with Gasteiger partial charge < -0.3 is 0 Å². The van der Waals surface area contributed by atoms with Crippen LogP contribution in [0.1, 0.15) is 5.56 Å². The minimum Gasteiger partial charge on any atom is -0.294 e. The maximum Gasteiger partial charge on any atom is 0.244 e. The molecular weight excluding hydrogens is 292 g/mol. The molecule has 0 unspecified atom stereocenters. The summed E-state index contributed by atoms with van der Waals surface area (Å²) in [7, 11) is -3.91. The van der Waals surface area contributed by atoms with Crippen molar-refractivity contribution in [1.29, 1.82) is 0 Å². The number of hydrogen-bond donors (Lipinski definition) is 1. The van der Waals surface area contributed by atoms with E-state index in [1.807, 2.05) is 5.32 Å². The van der Waals surface area contributed by atoms with Gasteiger partial charge in [0.15, 0.2) is 0 Å². The van der Waals surface area contributed by atoms with Gasteiger partial charge in [0, 0.05) is 5.02 Å². The number of rotatable bonds is 2. The number of imide groups is 1. The number of carbonyl (C=O) groups excluding carboxylic acids is 2. The lowest BCUT2D eigenvalue weighted by atomic mass is 10.2. The largest absolute Gasteiger partial charge is 0.294 e. The molecule has 0 bridgehead atoms. The summed E-state index contributed by atoms with van der Waals surface area (Å²) in [5, 5.41) is 2.36. The van der Waals surface area contributed by atoms with Crippen molar-refractivity contribution in [2.45, 2.75) is 11.8 Å². The van der Waals surface area contributed by atoms with Gasteiger partial charge in [0.1, 0.15) is 0 Å². The Labute approximate surface area is 115 Å². The van der Waals surface area contributed by atoms with Crippen LogP contribution < -0.4 is 5.32 Å². The average molecular weight is 303 g/mol. The summed E-state index contributed by atoms with van der Waals surface area (Å²) in [5.74, 6) is -1.28. The number of sulfonamides is 1. The number of carbonyl (C=O) groups is 2. The zero-order chi connectivity index (χ0) is 14.2. The van der Waals surface area contributed by atoms with E-state index in [-0.39, 0.29) is 18.0 Å². The van der Waals surface area contributed by atoms with Gasteiger partial charge in [-0.3, -0.25) is 14.9 Å². The van der Waals surface area contributed by atoms with Crippen molar-refractivity contribution in [3.05, 3.63) is 28.8 Å². The smallest absolute Gasteiger partial charge is 0.244 e. The number of nitrogens with one attached hydrogen (secondary N) is 1. The first-order chi connectivity index (χ1) is 8.82. The van der Waals surface area contributed by atoms with Crippen LogP contribution in [0.4, 0.5) is 0 Å². The van der Waals surface area contributed by atoms with Crippen molar-refractivity contribution in [3.63, 3.8) is 0 Å². The maximum absolute atomic E-state index is 12.4. The minimum absolute atomic E-state index is 0.00231. The summed E-state index contributed by atoms with van der Waals surface area (Å²) in [6.07, 6.45) is 0. The second kappa shape index (κ2) is 4.92. The first-order valence-electron chi connectivity index (χ1n) is 5.40. The molecular formula is C11H11ClN2O4S. The molecule has 2 rings (SSSR count). The molecule has 0 atom stereocenters. The standard InChI is InChI=1S/C11H11ClN2O4S/c1-7-8(12)3-2-4-9(7)19(17,18)14-5-10(15)13-11(16)6-14/h2-4H,5-6H2,1H3,(H,13,15,16). The Morgan fingerprint density at radius 2 is 1.79 bits per heavy atom. The van der Waals surface area contributed by atoms with Crippen LogP contribution >= 0.6 is 11.6 Å². The van der Waals surface area contributed by atoms with E-state index in [2.05, 4.69) is 0 Å². The molecule has 1 aromatic carbocycles. The topological polar surface area (TPSA) is 83.6 Å². The molecule has 1 aliphatic rings. The van der Waals surface area contributed by atoms with E-state index in [0.717, 1.165) is 4.31 Å². The zero-order valence-corrected chi connectivity index (χ0v) is 11.6. The molecule has 19 heavy (non-hydrogen) atoms. The summed E-state index contributed by atoms with van der Waals surface area (Å²) in [6.45, 7) is 0.821. The molecule has 0 aliphatic carbocycles. The van der Waals surface area contributed by atoms with Crippen LogP contribution in [0.2, 0.25) is 5.02 Å². The highest BCUT2D eigenvalue weighted by Crippen LogP contribution is 2.25. The number of nitrogens with zero attached hydrogens (tertiary/aromatic N) is 1. The second-order valence-electron chi connectivity index (χ2n) is 4.11. The SMILES string of the molecule is Cc1c(Cl)cccc1S(=O)(=O)N1CC(=O)NC(=O)C1. The van der Waals surface area contributed by atoms with Crippen molar-refractivity contribution < 1.29 is 18.0 Å². The lowest BCUT2D eigenvalue weighted by molar-refractivity contribution is -0.134. The molecule has 0 spiro atoms. The van der Waals surface area contributed by atoms with Crippen LogP contribution in [0.25, 0.3) is 0 Å². The van der Waals surface area contributed by atoms with Gasteiger partial charge in [0.05, 0.1) is 18.0 Å². The lowest BCUT2D eigenvalue weighted by Gasteiger charge is -2.25. The number of amides is 2. The van der Waals surface area contributed by atoms with Crippen LogP contribution in [0, 0.1) is 6.92 Å². The fraction of sp³-hybridized carbons (Fsp3) is 0.273. The summed E-state index contributed by atoms with van der Waals surface area (Å²) in [6, 6.07) is 4.48. The molecule has 1 aliphatic heterocycles. The van der Waals surface area contributed by atoms with Gasteiger partial charge in [-0.15, -0.1) is 0 Å². The molecule has 1 saturated heterocycles. The molecule has 0 radical (unpaired) electrons. The van der Waals surface area contributed by atoms with E-state index in [4.69, 9.17) is 11.6 Å². The van der Waals surface area contributed by atoms with Gasteiger partial charge in [0.25, 0.3) is 0 Å². The van der Waals surface area contributed by atoms with E-state index < -0.39 is 21.8 Å². The number of hydrogen-bond acceptors (Lipinski definition) is 4. The Hall–Kier alpha value is -1.44. The number of piperazine rings is 1. The van der Waals surface area contributed by atoms with Gasteiger partial charge in [-0.05, 0) is 24.6 Å². The Morgan fingerprint density at radius 1 is 1.21 bits per heavy atom. The molecule has 2 amide bonds. The minimum atomic E-state index is -3.91. The predicted octanol–water partition coefficient (Wildman–Crippen LogP) is 0.296. The Morgan fingerprint density at radius 3 is 2.37 bits per heavy atom. The molecule has 8 heteroatoms. The van der Waals surface area contributed by atoms with Crippen molar-refractivity contribution in [1.82, 2.24) is 9.62 Å². The third-order valence-corrected chi connectivity index (χ3v) is 5.10. The third-order valence-electron chi connectivity index (χ3n) is 2.75.